The van der Waals surface area contributed by atoms with Crippen LogP contribution in [0.5, 0.6) is 0 Å². The molecular formula is C18H19Cl2N3O2. The van der Waals surface area contributed by atoms with Crippen LogP contribution >= 0.6 is 23.2 Å². The van der Waals surface area contributed by atoms with Gasteiger partial charge in [0.05, 0.1) is 21.8 Å². The molecule has 0 spiro atoms. The second kappa shape index (κ2) is 9.39. The smallest absolute Gasteiger partial charge is 0.257 e. The molecule has 0 atom stereocenters. The number of rotatable bonds is 7. The lowest BCUT2D eigenvalue weighted by Crippen LogP contribution is -2.25. The second-order valence-corrected chi connectivity index (χ2v) is 6.35. The van der Waals surface area contributed by atoms with Gasteiger partial charge in [0, 0.05) is 24.0 Å². The number of pyridine rings is 1. The Bertz CT molecular complexity index is 766. The molecule has 25 heavy (non-hydrogen) atoms. The van der Waals surface area contributed by atoms with Crippen molar-refractivity contribution in [3.63, 3.8) is 0 Å². The minimum absolute atomic E-state index is 0.247. The van der Waals surface area contributed by atoms with Crippen LogP contribution in [0.25, 0.3) is 0 Å². The van der Waals surface area contributed by atoms with Gasteiger partial charge in [0.1, 0.15) is 0 Å². The van der Waals surface area contributed by atoms with Crippen molar-refractivity contribution in [1.29, 1.82) is 0 Å². The van der Waals surface area contributed by atoms with Crippen molar-refractivity contribution in [2.75, 3.05) is 11.9 Å². The number of anilines is 1. The van der Waals surface area contributed by atoms with Gasteiger partial charge in [0.25, 0.3) is 11.8 Å². The zero-order chi connectivity index (χ0) is 18.2. The Morgan fingerprint density at radius 1 is 1.04 bits per heavy atom. The number of nitrogens with one attached hydrogen (secondary N) is 2. The molecule has 5 nitrogen and oxygen atoms in total. The van der Waals surface area contributed by atoms with Crippen molar-refractivity contribution in [1.82, 2.24) is 10.3 Å². The molecule has 0 bridgehead atoms. The lowest BCUT2D eigenvalue weighted by Gasteiger charge is -2.09. The summed E-state index contributed by atoms with van der Waals surface area (Å²) in [6, 6.07) is 6.28. The standard InChI is InChI=1S/C18H19Cl2N3O2/c1-2-3-4-7-22-17(24)12-8-13(11-21-10-12)18(25)23-16-6-5-14(19)9-15(16)20/h5-6,8-11H,2-4,7H2,1H3,(H,22,24)(H,23,25). The van der Waals surface area contributed by atoms with Crippen LogP contribution in [0, 0.1) is 0 Å². The number of carbonyl (C=O) groups excluding carboxylic acids is 2. The Morgan fingerprint density at radius 2 is 1.76 bits per heavy atom. The van der Waals surface area contributed by atoms with Crippen molar-refractivity contribution in [2.45, 2.75) is 26.2 Å². The summed E-state index contributed by atoms with van der Waals surface area (Å²) in [5.41, 5.74) is 1.05. The molecule has 0 saturated carbocycles. The van der Waals surface area contributed by atoms with E-state index >= 15 is 0 Å². The number of nitrogens with zero attached hydrogens (tertiary/aromatic N) is 1. The summed E-state index contributed by atoms with van der Waals surface area (Å²) in [5.74, 6) is -0.653. The first-order valence-corrected chi connectivity index (χ1v) is 8.76. The zero-order valence-corrected chi connectivity index (χ0v) is 15.3. The molecule has 0 aliphatic rings. The van der Waals surface area contributed by atoms with Gasteiger partial charge < -0.3 is 10.6 Å². The van der Waals surface area contributed by atoms with Crippen molar-refractivity contribution in [3.8, 4) is 0 Å². The van der Waals surface area contributed by atoms with E-state index in [0.717, 1.165) is 19.3 Å². The molecule has 0 saturated heterocycles. The van der Waals surface area contributed by atoms with E-state index in [9.17, 15) is 9.59 Å². The van der Waals surface area contributed by atoms with Crippen LogP contribution in [0.4, 0.5) is 5.69 Å². The van der Waals surface area contributed by atoms with Crippen LogP contribution in [0.2, 0.25) is 10.0 Å². The van der Waals surface area contributed by atoms with E-state index < -0.39 is 5.91 Å². The molecule has 0 aliphatic heterocycles. The fraction of sp³-hybridized carbons (Fsp3) is 0.278. The van der Waals surface area contributed by atoms with Gasteiger partial charge in [-0.3, -0.25) is 14.6 Å². The third-order valence-electron chi connectivity index (χ3n) is 3.51. The predicted molar refractivity (Wildman–Crippen MR) is 101 cm³/mol. The minimum atomic E-state index is -0.405. The summed E-state index contributed by atoms with van der Waals surface area (Å²) >= 11 is 11.9. The van der Waals surface area contributed by atoms with Gasteiger partial charge in [0.15, 0.2) is 0 Å². The number of unbranched alkanes of at least 4 members (excludes halogenated alkanes) is 2. The number of hydrogen-bond acceptors (Lipinski definition) is 3. The Kier molecular flexibility index (Phi) is 7.22. The molecule has 0 aliphatic carbocycles. The summed E-state index contributed by atoms with van der Waals surface area (Å²) in [5, 5.41) is 6.31. The van der Waals surface area contributed by atoms with Gasteiger partial charge in [-0.25, -0.2) is 0 Å². The maximum absolute atomic E-state index is 12.4. The molecule has 1 aromatic carbocycles. The number of carbonyl (C=O) groups is 2. The molecule has 132 valence electrons. The van der Waals surface area contributed by atoms with E-state index in [1.54, 1.807) is 12.1 Å². The van der Waals surface area contributed by atoms with Gasteiger partial charge in [-0.15, -0.1) is 0 Å². The average molecular weight is 380 g/mol. The molecule has 2 amide bonds. The van der Waals surface area contributed by atoms with Gasteiger partial charge in [0.2, 0.25) is 0 Å². The second-order valence-electron chi connectivity index (χ2n) is 5.50. The topological polar surface area (TPSA) is 71.1 Å². The fourth-order valence-electron chi connectivity index (χ4n) is 2.15. The van der Waals surface area contributed by atoms with Crippen LogP contribution in [0.1, 0.15) is 46.9 Å². The molecule has 1 heterocycles. The third kappa shape index (κ3) is 5.73. The van der Waals surface area contributed by atoms with E-state index in [1.807, 2.05) is 0 Å². The summed E-state index contributed by atoms with van der Waals surface area (Å²) < 4.78 is 0. The SMILES string of the molecule is CCCCCNC(=O)c1cncc(C(=O)Nc2ccc(Cl)cc2Cl)c1. The highest BCUT2D eigenvalue weighted by Crippen LogP contribution is 2.25. The summed E-state index contributed by atoms with van der Waals surface area (Å²) in [4.78, 5) is 28.4. The molecule has 7 heteroatoms. The third-order valence-corrected chi connectivity index (χ3v) is 4.06. The van der Waals surface area contributed by atoms with Gasteiger partial charge in [-0.05, 0) is 30.7 Å². The molecule has 0 unspecified atom stereocenters. The largest absolute Gasteiger partial charge is 0.352 e. The quantitative estimate of drug-likeness (QED) is 0.692. The number of aromatic nitrogens is 1. The monoisotopic (exact) mass is 379 g/mol. The van der Waals surface area contributed by atoms with E-state index in [-0.39, 0.29) is 11.5 Å². The summed E-state index contributed by atoms with van der Waals surface area (Å²) in [7, 11) is 0. The van der Waals surface area contributed by atoms with E-state index in [2.05, 4.69) is 22.5 Å². The molecule has 1 aromatic heterocycles. The van der Waals surface area contributed by atoms with Gasteiger partial charge >= 0.3 is 0 Å². The molecule has 2 aromatic rings. The van der Waals surface area contributed by atoms with Crippen LogP contribution in [-0.2, 0) is 0 Å². The molecular weight excluding hydrogens is 361 g/mol. The van der Waals surface area contributed by atoms with E-state index in [0.29, 0.717) is 27.8 Å². The first kappa shape index (κ1) is 19.2. The Morgan fingerprint density at radius 3 is 2.44 bits per heavy atom. The van der Waals surface area contributed by atoms with Crippen molar-refractivity contribution < 1.29 is 9.59 Å². The molecule has 0 radical (unpaired) electrons. The Hall–Kier alpha value is -2.11. The zero-order valence-electron chi connectivity index (χ0n) is 13.8. The summed E-state index contributed by atoms with van der Waals surface area (Å²) in [6.45, 7) is 2.70. The highest BCUT2D eigenvalue weighted by Gasteiger charge is 2.13. The van der Waals surface area contributed by atoms with Crippen LogP contribution < -0.4 is 10.6 Å². The molecule has 2 N–H and O–H groups in total. The number of hydrogen-bond donors (Lipinski definition) is 2. The van der Waals surface area contributed by atoms with Crippen LogP contribution in [-0.4, -0.2) is 23.3 Å². The Labute approximate surface area is 156 Å². The van der Waals surface area contributed by atoms with Gasteiger partial charge in [-0.2, -0.15) is 0 Å². The fourth-order valence-corrected chi connectivity index (χ4v) is 2.61. The number of benzene rings is 1. The molecule has 0 fully saturated rings. The van der Waals surface area contributed by atoms with E-state index in [1.165, 1.54) is 24.5 Å². The van der Waals surface area contributed by atoms with Crippen LogP contribution in [0.15, 0.2) is 36.7 Å². The number of amides is 2. The normalized spacial score (nSPS) is 10.4. The Balaban J connectivity index is 2.04. The maximum Gasteiger partial charge on any atom is 0.257 e. The first-order valence-electron chi connectivity index (χ1n) is 8.01. The van der Waals surface area contributed by atoms with Crippen molar-refractivity contribution >= 4 is 40.7 Å². The maximum atomic E-state index is 12.4. The van der Waals surface area contributed by atoms with Crippen LogP contribution in [0.3, 0.4) is 0 Å². The van der Waals surface area contributed by atoms with Gasteiger partial charge in [-0.1, -0.05) is 43.0 Å². The highest BCUT2D eigenvalue weighted by atomic mass is 35.5. The van der Waals surface area contributed by atoms with E-state index in [4.69, 9.17) is 23.2 Å². The lowest BCUT2D eigenvalue weighted by molar-refractivity contribution is 0.0952. The first-order chi connectivity index (χ1) is 12.0. The van der Waals surface area contributed by atoms with Crippen molar-refractivity contribution in [2.24, 2.45) is 0 Å². The molecule has 2 rings (SSSR count). The lowest BCUT2D eigenvalue weighted by atomic mass is 10.1. The average Bonchev–Trinajstić information content (AvgIpc) is 2.61. The highest BCUT2D eigenvalue weighted by molar-refractivity contribution is 6.36. The number of halogens is 2. The van der Waals surface area contributed by atoms with Crippen molar-refractivity contribution in [3.05, 3.63) is 57.8 Å². The minimum Gasteiger partial charge on any atom is -0.352 e. The summed E-state index contributed by atoms with van der Waals surface area (Å²) in [6.07, 6.45) is 5.89. The predicted octanol–water partition coefficient (Wildman–Crippen LogP) is 4.56.